The molecule has 19 heavy (non-hydrogen) atoms. The monoisotopic (exact) mass is 259 g/mol. The van der Waals surface area contributed by atoms with Gasteiger partial charge in [0.15, 0.2) is 0 Å². The maximum absolute atomic E-state index is 5.33. The van der Waals surface area contributed by atoms with Gasteiger partial charge < -0.3 is 9.84 Å². The third-order valence-corrected chi connectivity index (χ3v) is 3.30. The molecular weight excluding hydrogens is 242 g/mol. The SMILES string of the molecule is Cc1cnccc1-c1noc(CN2CCNCC2)n1. The Kier molecular flexibility index (Phi) is 3.52. The van der Waals surface area contributed by atoms with E-state index in [0.717, 1.165) is 43.9 Å². The molecule has 6 nitrogen and oxygen atoms in total. The van der Waals surface area contributed by atoms with E-state index in [1.807, 2.05) is 19.2 Å². The number of hydrogen-bond acceptors (Lipinski definition) is 6. The van der Waals surface area contributed by atoms with Gasteiger partial charge >= 0.3 is 0 Å². The van der Waals surface area contributed by atoms with Crippen molar-refractivity contribution in [1.82, 2.24) is 25.3 Å². The van der Waals surface area contributed by atoms with Gasteiger partial charge in [0.1, 0.15) is 0 Å². The molecule has 6 heteroatoms. The van der Waals surface area contributed by atoms with Gasteiger partial charge in [0.2, 0.25) is 11.7 Å². The molecule has 0 saturated carbocycles. The van der Waals surface area contributed by atoms with Crippen molar-refractivity contribution in [3.05, 3.63) is 29.9 Å². The van der Waals surface area contributed by atoms with Crippen molar-refractivity contribution < 1.29 is 4.52 Å². The summed E-state index contributed by atoms with van der Waals surface area (Å²) in [6.07, 6.45) is 3.55. The zero-order chi connectivity index (χ0) is 13.1. The molecule has 1 aliphatic rings. The Morgan fingerprint density at radius 3 is 3.00 bits per heavy atom. The van der Waals surface area contributed by atoms with E-state index in [1.54, 1.807) is 6.20 Å². The Hall–Kier alpha value is -1.79. The molecule has 2 aromatic rings. The molecule has 0 aromatic carbocycles. The van der Waals surface area contributed by atoms with Crippen molar-refractivity contribution in [3.63, 3.8) is 0 Å². The standard InChI is InChI=1S/C13H17N5O/c1-10-8-15-3-2-11(10)13-16-12(19-17-13)9-18-6-4-14-5-7-18/h2-3,8,14H,4-7,9H2,1H3. The van der Waals surface area contributed by atoms with E-state index in [-0.39, 0.29) is 0 Å². The fourth-order valence-electron chi connectivity index (χ4n) is 2.21. The highest BCUT2D eigenvalue weighted by molar-refractivity contribution is 5.57. The first-order chi connectivity index (χ1) is 9.33. The molecule has 0 atom stereocenters. The van der Waals surface area contributed by atoms with Crippen LogP contribution in [0, 0.1) is 6.92 Å². The maximum Gasteiger partial charge on any atom is 0.241 e. The largest absolute Gasteiger partial charge is 0.338 e. The highest BCUT2D eigenvalue weighted by Gasteiger charge is 2.15. The summed E-state index contributed by atoms with van der Waals surface area (Å²) in [5, 5.41) is 7.38. The number of piperazine rings is 1. The van der Waals surface area contributed by atoms with Gasteiger partial charge in [-0.15, -0.1) is 0 Å². The van der Waals surface area contributed by atoms with E-state index in [1.165, 1.54) is 0 Å². The molecule has 0 radical (unpaired) electrons. The van der Waals surface area contributed by atoms with Crippen LogP contribution in [-0.4, -0.2) is 46.2 Å². The number of nitrogens with one attached hydrogen (secondary N) is 1. The van der Waals surface area contributed by atoms with Gasteiger partial charge in [-0.2, -0.15) is 4.98 Å². The summed E-state index contributed by atoms with van der Waals surface area (Å²) in [4.78, 5) is 10.8. The van der Waals surface area contributed by atoms with E-state index >= 15 is 0 Å². The van der Waals surface area contributed by atoms with Crippen molar-refractivity contribution in [2.75, 3.05) is 26.2 Å². The predicted octanol–water partition coefficient (Wildman–Crippen LogP) is 0.845. The van der Waals surface area contributed by atoms with Gasteiger partial charge in [0.05, 0.1) is 6.54 Å². The number of rotatable bonds is 3. The van der Waals surface area contributed by atoms with Crippen molar-refractivity contribution in [3.8, 4) is 11.4 Å². The Labute approximate surface area is 111 Å². The number of pyridine rings is 1. The smallest absolute Gasteiger partial charge is 0.241 e. The van der Waals surface area contributed by atoms with Gasteiger partial charge in [-0.1, -0.05) is 5.16 Å². The van der Waals surface area contributed by atoms with E-state index in [2.05, 4.69) is 25.3 Å². The second kappa shape index (κ2) is 5.46. The van der Waals surface area contributed by atoms with E-state index in [4.69, 9.17) is 4.52 Å². The molecule has 1 N–H and O–H groups in total. The van der Waals surface area contributed by atoms with Gasteiger partial charge in [-0.3, -0.25) is 9.88 Å². The van der Waals surface area contributed by atoms with E-state index in [0.29, 0.717) is 11.7 Å². The van der Waals surface area contributed by atoms with Crippen LogP contribution in [0.5, 0.6) is 0 Å². The summed E-state index contributed by atoms with van der Waals surface area (Å²) in [5.74, 6) is 1.32. The number of aryl methyl sites for hydroxylation is 1. The molecule has 0 spiro atoms. The fraction of sp³-hybridized carbons (Fsp3) is 0.462. The Morgan fingerprint density at radius 2 is 2.21 bits per heavy atom. The second-order valence-electron chi connectivity index (χ2n) is 4.73. The zero-order valence-corrected chi connectivity index (χ0v) is 11.0. The lowest BCUT2D eigenvalue weighted by molar-refractivity contribution is 0.203. The third kappa shape index (κ3) is 2.80. The quantitative estimate of drug-likeness (QED) is 0.881. The summed E-state index contributed by atoms with van der Waals surface area (Å²) in [5.41, 5.74) is 2.03. The molecule has 100 valence electrons. The average Bonchev–Trinajstić information content (AvgIpc) is 2.89. The lowest BCUT2D eigenvalue weighted by Gasteiger charge is -2.25. The molecule has 1 fully saturated rings. The molecule has 1 saturated heterocycles. The lowest BCUT2D eigenvalue weighted by atomic mass is 10.1. The summed E-state index contributed by atoms with van der Waals surface area (Å²) in [6, 6.07) is 1.91. The number of hydrogen-bond donors (Lipinski definition) is 1. The van der Waals surface area contributed by atoms with Crippen LogP contribution in [0.4, 0.5) is 0 Å². The van der Waals surface area contributed by atoms with Gasteiger partial charge in [0, 0.05) is 44.1 Å². The van der Waals surface area contributed by atoms with Gasteiger partial charge in [0.25, 0.3) is 0 Å². The Morgan fingerprint density at radius 1 is 1.37 bits per heavy atom. The van der Waals surface area contributed by atoms with E-state index in [9.17, 15) is 0 Å². The minimum absolute atomic E-state index is 0.644. The van der Waals surface area contributed by atoms with Gasteiger partial charge in [-0.05, 0) is 18.6 Å². The highest BCUT2D eigenvalue weighted by atomic mass is 16.5. The van der Waals surface area contributed by atoms with Crippen LogP contribution >= 0.6 is 0 Å². The van der Waals surface area contributed by atoms with Crippen LogP contribution in [0.25, 0.3) is 11.4 Å². The van der Waals surface area contributed by atoms with Crippen LogP contribution in [-0.2, 0) is 6.54 Å². The molecule has 0 unspecified atom stereocenters. The average molecular weight is 259 g/mol. The summed E-state index contributed by atoms with van der Waals surface area (Å²) >= 11 is 0. The van der Waals surface area contributed by atoms with Crippen LogP contribution in [0.1, 0.15) is 11.5 Å². The predicted molar refractivity (Wildman–Crippen MR) is 70.4 cm³/mol. The minimum Gasteiger partial charge on any atom is -0.338 e. The molecule has 0 bridgehead atoms. The fourth-order valence-corrected chi connectivity index (χ4v) is 2.21. The summed E-state index contributed by atoms with van der Waals surface area (Å²) in [6.45, 7) is 6.79. The molecule has 3 heterocycles. The molecule has 2 aromatic heterocycles. The number of nitrogens with zero attached hydrogens (tertiary/aromatic N) is 4. The zero-order valence-electron chi connectivity index (χ0n) is 11.0. The van der Waals surface area contributed by atoms with Crippen LogP contribution in [0.2, 0.25) is 0 Å². The van der Waals surface area contributed by atoms with Crippen LogP contribution in [0.3, 0.4) is 0 Å². The molecule has 1 aliphatic heterocycles. The first kappa shape index (κ1) is 12.3. The second-order valence-corrected chi connectivity index (χ2v) is 4.73. The molecule has 0 amide bonds. The Bertz CT molecular complexity index is 547. The molecule has 3 rings (SSSR count). The van der Waals surface area contributed by atoms with Crippen molar-refractivity contribution in [1.29, 1.82) is 0 Å². The van der Waals surface area contributed by atoms with Crippen LogP contribution < -0.4 is 5.32 Å². The highest BCUT2D eigenvalue weighted by Crippen LogP contribution is 2.19. The number of aromatic nitrogens is 3. The van der Waals surface area contributed by atoms with Crippen molar-refractivity contribution >= 4 is 0 Å². The van der Waals surface area contributed by atoms with Gasteiger partial charge in [-0.25, -0.2) is 0 Å². The summed E-state index contributed by atoms with van der Waals surface area (Å²) in [7, 11) is 0. The lowest BCUT2D eigenvalue weighted by Crippen LogP contribution is -2.42. The minimum atomic E-state index is 0.644. The van der Waals surface area contributed by atoms with Crippen molar-refractivity contribution in [2.45, 2.75) is 13.5 Å². The first-order valence-electron chi connectivity index (χ1n) is 6.49. The van der Waals surface area contributed by atoms with Crippen LogP contribution in [0.15, 0.2) is 23.0 Å². The van der Waals surface area contributed by atoms with Crippen molar-refractivity contribution in [2.24, 2.45) is 0 Å². The Balaban J connectivity index is 1.74. The topological polar surface area (TPSA) is 67.1 Å². The molecule has 0 aliphatic carbocycles. The van der Waals surface area contributed by atoms with E-state index < -0.39 is 0 Å². The molecular formula is C13H17N5O. The normalized spacial score (nSPS) is 16.7. The first-order valence-corrected chi connectivity index (χ1v) is 6.49. The summed E-state index contributed by atoms with van der Waals surface area (Å²) < 4.78 is 5.33. The third-order valence-electron chi connectivity index (χ3n) is 3.30. The maximum atomic E-state index is 5.33.